The molecule has 0 aliphatic carbocycles. The number of hydrogen-bond donors (Lipinski definition) is 2. The van der Waals surface area contributed by atoms with Crippen LogP contribution in [0, 0.1) is 5.92 Å². The van der Waals surface area contributed by atoms with E-state index in [1.165, 1.54) is 13.0 Å². The van der Waals surface area contributed by atoms with Crippen molar-refractivity contribution in [2.75, 3.05) is 40.3 Å². The summed E-state index contributed by atoms with van der Waals surface area (Å²) in [6.45, 7) is 5.65. The number of hydrogen-bond acceptors (Lipinski definition) is 4. The molecule has 1 aliphatic rings. The highest BCUT2D eigenvalue weighted by Crippen LogP contribution is 2.16. The number of carboxylic acids is 1. The van der Waals surface area contributed by atoms with Gasteiger partial charge in [-0.15, -0.1) is 0 Å². The summed E-state index contributed by atoms with van der Waals surface area (Å²) in [6.07, 6.45) is 1.72. The lowest BCUT2D eigenvalue weighted by molar-refractivity contribution is -0.143. The van der Waals surface area contributed by atoms with Gasteiger partial charge >= 0.3 is 5.97 Å². The van der Waals surface area contributed by atoms with Crippen molar-refractivity contribution in [3.05, 3.63) is 0 Å². The van der Waals surface area contributed by atoms with Gasteiger partial charge in [0.15, 0.2) is 0 Å². The number of nitrogens with two attached hydrogens (primary N) is 1. The van der Waals surface area contributed by atoms with Gasteiger partial charge in [-0.05, 0) is 46.3 Å². The highest BCUT2D eigenvalue weighted by atomic mass is 16.4. The van der Waals surface area contributed by atoms with Crippen LogP contribution in [0.2, 0.25) is 0 Å². The molecule has 1 rings (SSSR count). The average molecular weight is 243 g/mol. The van der Waals surface area contributed by atoms with Crippen molar-refractivity contribution >= 4 is 5.97 Å². The van der Waals surface area contributed by atoms with Crippen molar-refractivity contribution in [2.24, 2.45) is 11.7 Å². The topological polar surface area (TPSA) is 69.8 Å². The lowest BCUT2D eigenvalue weighted by Crippen LogP contribution is -2.47. The Bertz CT molecular complexity index is 268. The summed E-state index contributed by atoms with van der Waals surface area (Å²) < 4.78 is 0. The zero-order chi connectivity index (χ0) is 13.1. The third-order valence-corrected chi connectivity index (χ3v) is 3.56. The van der Waals surface area contributed by atoms with Crippen LogP contribution < -0.4 is 5.73 Å². The highest BCUT2D eigenvalue weighted by molar-refractivity contribution is 5.77. The normalized spacial score (nSPS) is 25.1. The Kier molecular flexibility index (Phi) is 4.91. The summed E-state index contributed by atoms with van der Waals surface area (Å²) in [5.74, 6) is -0.217. The van der Waals surface area contributed by atoms with Crippen molar-refractivity contribution in [3.63, 3.8) is 0 Å². The lowest BCUT2D eigenvalue weighted by Gasteiger charge is -2.25. The van der Waals surface area contributed by atoms with Crippen LogP contribution in [0.1, 0.15) is 19.8 Å². The molecule has 1 fully saturated rings. The minimum absolute atomic E-state index is 0.487. The second kappa shape index (κ2) is 5.80. The summed E-state index contributed by atoms with van der Waals surface area (Å²) in [4.78, 5) is 15.4. The van der Waals surface area contributed by atoms with Crippen molar-refractivity contribution in [1.29, 1.82) is 0 Å². The standard InChI is InChI=1S/C12H25N3O2/c1-12(13,11(16)17)5-7-15(3)9-10-4-6-14(2)8-10/h10H,4-9,13H2,1-3H3,(H,16,17). The molecule has 0 aromatic carbocycles. The van der Waals surface area contributed by atoms with Gasteiger partial charge < -0.3 is 20.6 Å². The molecule has 3 N–H and O–H groups in total. The quantitative estimate of drug-likeness (QED) is 0.690. The zero-order valence-corrected chi connectivity index (χ0v) is 11.1. The smallest absolute Gasteiger partial charge is 0.323 e. The third-order valence-electron chi connectivity index (χ3n) is 3.56. The Balaban J connectivity index is 2.25. The zero-order valence-electron chi connectivity index (χ0n) is 11.1. The average Bonchev–Trinajstić information content (AvgIpc) is 2.61. The third kappa shape index (κ3) is 4.61. The number of carboxylic acid groups (broad SMARTS) is 1. The Labute approximate surface area is 104 Å². The maximum atomic E-state index is 10.9. The summed E-state index contributed by atoms with van der Waals surface area (Å²) in [7, 11) is 4.18. The molecule has 1 saturated heterocycles. The molecule has 5 nitrogen and oxygen atoms in total. The summed E-state index contributed by atoms with van der Waals surface area (Å²) in [5, 5.41) is 8.92. The van der Waals surface area contributed by atoms with Crippen molar-refractivity contribution in [3.8, 4) is 0 Å². The van der Waals surface area contributed by atoms with Gasteiger partial charge in [0.1, 0.15) is 5.54 Å². The largest absolute Gasteiger partial charge is 0.480 e. The molecule has 0 aromatic heterocycles. The molecule has 1 aliphatic heterocycles. The van der Waals surface area contributed by atoms with Crippen LogP contribution in [0.4, 0.5) is 0 Å². The van der Waals surface area contributed by atoms with E-state index in [9.17, 15) is 4.79 Å². The van der Waals surface area contributed by atoms with E-state index >= 15 is 0 Å². The minimum atomic E-state index is -1.11. The first-order valence-corrected chi connectivity index (χ1v) is 6.20. The maximum absolute atomic E-state index is 10.9. The van der Waals surface area contributed by atoms with Gasteiger partial charge in [-0.1, -0.05) is 0 Å². The first-order valence-electron chi connectivity index (χ1n) is 6.20. The second-order valence-corrected chi connectivity index (χ2v) is 5.65. The molecule has 5 heteroatoms. The molecule has 0 spiro atoms. The van der Waals surface area contributed by atoms with Gasteiger partial charge in [0.25, 0.3) is 0 Å². The van der Waals surface area contributed by atoms with Crippen LogP contribution in [0.5, 0.6) is 0 Å². The van der Waals surface area contributed by atoms with Gasteiger partial charge in [-0.3, -0.25) is 4.79 Å². The van der Waals surface area contributed by atoms with E-state index in [0.29, 0.717) is 12.3 Å². The van der Waals surface area contributed by atoms with Crippen molar-refractivity contribution in [2.45, 2.75) is 25.3 Å². The molecule has 0 aromatic rings. The lowest BCUT2D eigenvalue weighted by atomic mass is 9.99. The molecular weight excluding hydrogens is 218 g/mol. The van der Waals surface area contributed by atoms with Crippen LogP contribution in [-0.4, -0.2) is 66.7 Å². The van der Waals surface area contributed by atoms with Crippen LogP contribution in [0.15, 0.2) is 0 Å². The molecule has 1 heterocycles. The molecular formula is C12H25N3O2. The Morgan fingerprint density at radius 1 is 1.65 bits per heavy atom. The van der Waals surface area contributed by atoms with Gasteiger partial charge in [0.05, 0.1) is 0 Å². The number of aliphatic carboxylic acids is 1. The SMILES string of the molecule is CN1CCC(CN(C)CCC(C)(N)C(=O)O)C1. The summed E-state index contributed by atoms with van der Waals surface area (Å²) in [6, 6.07) is 0. The van der Waals surface area contributed by atoms with Gasteiger partial charge in [0.2, 0.25) is 0 Å². The first-order chi connectivity index (χ1) is 7.81. The number of nitrogens with zero attached hydrogens (tertiary/aromatic N) is 2. The van der Waals surface area contributed by atoms with Gasteiger partial charge in [-0.25, -0.2) is 0 Å². The summed E-state index contributed by atoms with van der Waals surface area (Å²) >= 11 is 0. The number of likely N-dealkylation sites (tertiary alicyclic amines) is 1. The molecule has 2 atom stereocenters. The molecule has 17 heavy (non-hydrogen) atoms. The van der Waals surface area contributed by atoms with E-state index in [2.05, 4.69) is 16.8 Å². The van der Waals surface area contributed by atoms with Crippen molar-refractivity contribution < 1.29 is 9.90 Å². The van der Waals surface area contributed by atoms with E-state index < -0.39 is 11.5 Å². The molecule has 0 radical (unpaired) electrons. The Morgan fingerprint density at radius 2 is 2.29 bits per heavy atom. The molecule has 0 amide bonds. The predicted molar refractivity (Wildman–Crippen MR) is 67.9 cm³/mol. The van der Waals surface area contributed by atoms with Crippen LogP contribution >= 0.6 is 0 Å². The molecule has 2 unspecified atom stereocenters. The maximum Gasteiger partial charge on any atom is 0.323 e. The Morgan fingerprint density at radius 3 is 2.76 bits per heavy atom. The van der Waals surface area contributed by atoms with E-state index in [0.717, 1.165) is 19.6 Å². The van der Waals surface area contributed by atoms with Gasteiger partial charge in [-0.2, -0.15) is 0 Å². The van der Waals surface area contributed by atoms with E-state index in [4.69, 9.17) is 10.8 Å². The van der Waals surface area contributed by atoms with E-state index in [1.807, 2.05) is 7.05 Å². The molecule has 100 valence electrons. The first kappa shape index (κ1) is 14.4. The van der Waals surface area contributed by atoms with Crippen LogP contribution in [0.25, 0.3) is 0 Å². The van der Waals surface area contributed by atoms with E-state index in [1.54, 1.807) is 6.92 Å². The minimum Gasteiger partial charge on any atom is -0.480 e. The molecule has 0 saturated carbocycles. The second-order valence-electron chi connectivity index (χ2n) is 5.65. The fourth-order valence-electron chi connectivity index (χ4n) is 2.24. The van der Waals surface area contributed by atoms with Crippen molar-refractivity contribution in [1.82, 2.24) is 9.80 Å². The number of rotatable bonds is 6. The predicted octanol–water partition coefficient (Wildman–Crippen LogP) is 0.0620. The number of carbonyl (C=O) groups is 1. The van der Waals surface area contributed by atoms with Crippen LogP contribution in [-0.2, 0) is 4.79 Å². The van der Waals surface area contributed by atoms with Gasteiger partial charge in [0, 0.05) is 19.6 Å². The fraction of sp³-hybridized carbons (Fsp3) is 0.917. The molecule has 0 bridgehead atoms. The van der Waals surface area contributed by atoms with E-state index in [-0.39, 0.29) is 0 Å². The van der Waals surface area contributed by atoms with Crippen LogP contribution in [0.3, 0.4) is 0 Å². The Hall–Kier alpha value is -0.650. The summed E-state index contributed by atoms with van der Waals surface area (Å²) in [5.41, 5.74) is 4.59. The monoisotopic (exact) mass is 243 g/mol. The fourth-order valence-corrected chi connectivity index (χ4v) is 2.24. The highest BCUT2D eigenvalue weighted by Gasteiger charge is 2.28.